The molecule has 1 saturated heterocycles. The molecule has 0 aromatic carbocycles. The lowest BCUT2D eigenvalue weighted by Crippen LogP contribution is -2.26. The summed E-state index contributed by atoms with van der Waals surface area (Å²) in [6, 6.07) is 0.413. The normalized spacial score (nSPS) is 22.6. The summed E-state index contributed by atoms with van der Waals surface area (Å²) in [4.78, 5) is 0. The predicted octanol–water partition coefficient (Wildman–Crippen LogP) is 2.37. The number of hydrogen-bond acceptors (Lipinski definition) is 2. The highest BCUT2D eigenvalue weighted by molar-refractivity contribution is 6.30. The van der Waals surface area contributed by atoms with Gasteiger partial charge in [-0.1, -0.05) is 18.0 Å². The van der Waals surface area contributed by atoms with Gasteiger partial charge in [-0.2, -0.15) is 5.10 Å². The van der Waals surface area contributed by atoms with E-state index in [0.717, 1.165) is 23.8 Å². The quantitative estimate of drug-likeness (QED) is 0.818. The zero-order valence-corrected chi connectivity index (χ0v) is 9.22. The molecule has 1 aliphatic heterocycles. The number of nitrogens with one attached hydrogen (secondary N) is 1. The molecule has 1 aromatic rings. The van der Waals surface area contributed by atoms with Crippen LogP contribution in [-0.2, 0) is 6.54 Å². The van der Waals surface area contributed by atoms with E-state index in [2.05, 4.69) is 17.3 Å². The zero-order valence-electron chi connectivity index (χ0n) is 8.46. The fourth-order valence-corrected chi connectivity index (χ4v) is 2.30. The molecule has 0 amide bonds. The summed E-state index contributed by atoms with van der Waals surface area (Å²) in [7, 11) is 0. The van der Waals surface area contributed by atoms with Crippen molar-refractivity contribution in [2.75, 3.05) is 6.54 Å². The van der Waals surface area contributed by atoms with Crippen LogP contribution in [0.1, 0.15) is 37.8 Å². The second-order valence-electron chi connectivity index (χ2n) is 3.71. The van der Waals surface area contributed by atoms with Crippen LogP contribution in [0.3, 0.4) is 0 Å². The lowest BCUT2D eigenvalue weighted by atomic mass is 10.0. The van der Waals surface area contributed by atoms with Gasteiger partial charge in [-0.15, -0.1) is 0 Å². The van der Waals surface area contributed by atoms with E-state index in [-0.39, 0.29) is 0 Å². The van der Waals surface area contributed by atoms with Gasteiger partial charge < -0.3 is 5.32 Å². The minimum atomic E-state index is 0.413. The van der Waals surface area contributed by atoms with E-state index < -0.39 is 0 Å². The number of nitrogens with zero attached hydrogens (tertiary/aromatic N) is 2. The molecule has 2 heterocycles. The fraction of sp³-hybridized carbons (Fsp3) is 0.700. The van der Waals surface area contributed by atoms with Crippen molar-refractivity contribution in [2.24, 2.45) is 0 Å². The van der Waals surface area contributed by atoms with E-state index in [0.29, 0.717) is 6.04 Å². The second kappa shape index (κ2) is 4.32. The average molecular weight is 214 g/mol. The molecular formula is C10H16ClN3. The Morgan fingerprint density at radius 1 is 1.64 bits per heavy atom. The van der Waals surface area contributed by atoms with Crippen molar-refractivity contribution in [2.45, 2.75) is 38.8 Å². The molecule has 0 aliphatic carbocycles. The van der Waals surface area contributed by atoms with Gasteiger partial charge in [0, 0.05) is 18.2 Å². The molecule has 14 heavy (non-hydrogen) atoms. The summed E-state index contributed by atoms with van der Waals surface area (Å²) in [6.45, 7) is 3.99. The molecule has 1 aliphatic rings. The summed E-state index contributed by atoms with van der Waals surface area (Å²) >= 11 is 6.22. The molecule has 2 rings (SSSR count). The highest BCUT2D eigenvalue weighted by atomic mass is 35.5. The van der Waals surface area contributed by atoms with Crippen molar-refractivity contribution in [3.8, 4) is 0 Å². The Labute approximate surface area is 89.4 Å². The Bertz CT molecular complexity index is 302. The molecule has 0 saturated carbocycles. The number of piperidine rings is 1. The first-order valence-electron chi connectivity index (χ1n) is 5.27. The first kappa shape index (κ1) is 9.99. The standard InChI is InChI=1S/C10H16ClN3/c1-2-14-10(11)8(7-13-14)9-5-3-4-6-12-9/h7,9,12H,2-6H2,1H3. The van der Waals surface area contributed by atoms with Crippen LogP contribution in [0, 0.1) is 0 Å². The molecule has 1 N–H and O–H groups in total. The van der Waals surface area contributed by atoms with Crippen molar-refractivity contribution < 1.29 is 0 Å². The number of aromatic nitrogens is 2. The summed E-state index contributed by atoms with van der Waals surface area (Å²) in [5, 5.41) is 8.53. The topological polar surface area (TPSA) is 29.9 Å². The number of rotatable bonds is 2. The van der Waals surface area contributed by atoms with Gasteiger partial charge in [0.05, 0.1) is 6.20 Å². The maximum Gasteiger partial charge on any atom is 0.131 e. The average Bonchev–Trinajstić information content (AvgIpc) is 2.61. The molecule has 1 atom stereocenters. The third-order valence-electron chi connectivity index (χ3n) is 2.79. The van der Waals surface area contributed by atoms with E-state index in [1.807, 2.05) is 10.9 Å². The van der Waals surface area contributed by atoms with Crippen molar-refractivity contribution >= 4 is 11.6 Å². The molecule has 0 radical (unpaired) electrons. The molecule has 1 fully saturated rings. The molecule has 0 spiro atoms. The third kappa shape index (κ3) is 1.79. The summed E-state index contributed by atoms with van der Waals surface area (Å²) in [5.74, 6) is 0. The largest absolute Gasteiger partial charge is 0.310 e. The van der Waals surface area contributed by atoms with Gasteiger partial charge in [0.2, 0.25) is 0 Å². The van der Waals surface area contributed by atoms with E-state index >= 15 is 0 Å². The van der Waals surface area contributed by atoms with Crippen molar-refractivity contribution in [3.63, 3.8) is 0 Å². The Kier molecular flexibility index (Phi) is 3.08. The number of aryl methyl sites for hydroxylation is 1. The summed E-state index contributed by atoms with van der Waals surface area (Å²) in [6.07, 6.45) is 5.63. The minimum Gasteiger partial charge on any atom is -0.310 e. The van der Waals surface area contributed by atoms with Crippen molar-refractivity contribution in [1.82, 2.24) is 15.1 Å². The van der Waals surface area contributed by atoms with Gasteiger partial charge in [-0.05, 0) is 26.3 Å². The third-order valence-corrected chi connectivity index (χ3v) is 3.20. The molecular weight excluding hydrogens is 198 g/mol. The molecule has 78 valence electrons. The molecule has 4 heteroatoms. The predicted molar refractivity (Wildman–Crippen MR) is 57.5 cm³/mol. The second-order valence-corrected chi connectivity index (χ2v) is 4.07. The minimum absolute atomic E-state index is 0.413. The van der Waals surface area contributed by atoms with Crippen LogP contribution in [0.2, 0.25) is 5.15 Å². The number of halogens is 1. The monoisotopic (exact) mass is 213 g/mol. The van der Waals surface area contributed by atoms with Crippen molar-refractivity contribution in [1.29, 1.82) is 0 Å². The van der Waals surface area contributed by atoms with Crippen LogP contribution in [0.5, 0.6) is 0 Å². The van der Waals surface area contributed by atoms with E-state index in [4.69, 9.17) is 11.6 Å². The van der Waals surface area contributed by atoms with Gasteiger partial charge in [-0.3, -0.25) is 4.68 Å². The Morgan fingerprint density at radius 2 is 2.50 bits per heavy atom. The van der Waals surface area contributed by atoms with Crippen LogP contribution in [0.25, 0.3) is 0 Å². The first-order valence-corrected chi connectivity index (χ1v) is 5.65. The molecule has 1 unspecified atom stereocenters. The lowest BCUT2D eigenvalue weighted by Gasteiger charge is -2.22. The van der Waals surface area contributed by atoms with E-state index in [1.54, 1.807) is 0 Å². The molecule has 3 nitrogen and oxygen atoms in total. The van der Waals surface area contributed by atoms with Gasteiger partial charge in [0.25, 0.3) is 0 Å². The van der Waals surface area contributed by atoms with E-state index in [9.17, 15) is 0 Å². The highest BCUT2D eigenvalue weighted by Gasteiger charge is 2.19. The Balaban J connectivity index is 2.18. The van der Waals surface area contributed by atoms with Crippen LogP contribution < -0.4 is 5.32 Å². The van der Waals surface area contributed by atoms with Gasteiger partial charge in [0.1, 0.15) is 5.15 Å². The van der Waals surface area contributed by atoms with Crippen LogP contribution in [-0.4, -0.2) is 16.3 Å². The van der Waals surface area contributed by atoms with Crippen molar-refractivity contribution in [3.05, 3.63) is 16.9 Å². The first-order chi connectivity index (χ1) is 6.83. The van der Waals surface area contributed by atoms with Crippen LogP contribution >= 0.6 is 11.6 Å². The van der Waals surface area contributed by atoms with Gasteiger partial charge in [-0.25, -0.2) is 0 Å². The highest BCUT2D eigenvalue weighted by Crippen LogP contribution is 2.28. The van der Waals surface area contributed by atoms with Crippen LogP contribution in [0.4, 0.5) is 0 Å². The molecule has 0 bridgehead atoms. The summed E-state index contributed by atoms with van der Waals surface area (Å²) < 4.78 is 1.84. The maximum atomic E-state index is 6.22. The lowest BCUT2D eigenvalue weighted by molar-refractivity contribution is 0.412. The van der Waals surface area contributed by atoms with Crippen LogP contribution in [0.15, 0.2) is 6.20 Å². The summed E-state index contributed by atoms with van der Waals surface area (Å²) in [5.41, 5.74) is 1.16. The van der Waals surface area contributed by atoms with E-state index in [1.165, 1.54) is 19.3 Å². The SMILES string of the molecule is CCn1ncc(C2CCCCN2)c1Cl. The van der Waals surface area contributed by atoms with Gasteiger partial charge in [0.15, 0.2) is 0 Å². The molecule has 1 aromatic heterocycles. The maximum absolute atomic E-state index is 6.22. The number of hydrogen-bond donors (Lipinski definition) is 1. The Morgan fingerprint density at radius 3 is 3.07 bits per heavy atom. The van der Waals surface area contributed by atoms with Gasteiger partial charge >= 0.3 is 0 Å². The zero-order chi connectivity index (χ0) is 9.97. The fourth-order valence-electron chi connectivity index (χ4n) is 1.96. The Hall–Kier alpha value is -0.540. The smallest absolute Gasteiger partial charge is 0.131 e.